The molecule has 5 aromatic rings. The Morgan fingerprint density at radius 3 is 1.82 bits per heavy atom. The Kier molecular flexibility index (Phi) is 7.28. The van der Waals surface area contributed by atoms with E-state index in [1.807, 2.05) is 57.2 Å². The van der Waals surface area contributed by atoms with Crippen molar-refractivity contribution in [1.29, 1.82) is 0 Å². The minimum Gasteiger partial charge on any atom is -0.508 e. The number of phenols is 3. The second kappa shape index (κ2) is 11.1. The summed E-state index contributed by atoms with van der Waals surface area (Å²) in [6, 6.07) is 24.4. The van der Waals surface area contributed by atoms with E-state index in [1.54, 1.807) is 42.5 Å². The van der Waals surface area contributed by atoms with Crippen LogP contribution >= 0.6 is 0 Å². The Morgan fingerprint density at radius 1 is 0.500 bits per heavy atom. The standard InChI is InChI=1S/C31H26N6O3/c1-18-4-6-22(7-5-18)33-35-27-17-29(39)28(15-19(27)2)36-37-30-20(3)14-21-16-24(10-13-26(21)31(30)40)34-32-23-8-11-25(38)12-9-23/h4-17,38-40H,1-3H3. The molecule has 0 saturated carbocycles. The molecule has 0 aliphatic heterocycles. The molecule has 40 heavy (non-hydrogen) atoms. The van der Waals surface area contributed by atoms with Gasteiger partial charge in [-0.1, -0.05) is 17.7 Å². The van der Waals surface area contributed by atoms with Gasteiger partial charge >= 0.3 is 0 Å². The Balaban J connectivity index is 1.39. The van der Waals surface area contributed by atoms with E-state index < -0.39 is 0 Å². The van der Waals surface area contributed by atoms with Gasteiger partial charge in [-0.15, -0.1) is 10.2 Å². The molecule has 5 aromatic carbocycles. The van der Waals surface area contributed by atoms with Crippen molar-refractivity contribution >= 4 is 44.9 Å². The van der Waals surface area contributed by atoms with Gasteiger partial charge in [-0.3, -0.25) is 0 Å². The predicted octanol–water partition coefficient (Wildman–Crippen LogP) is 10.1. The second-order valence-electron chi connectivity index (χ2n) is 9.38. The monoisotopic (exact) mass is 530 g/mol. The summed E-state index contributed by atoms with van der Waals surface area (Å²) in [5, 5.41) is 57.7. The second-order valence-corrected chi connectivity index (χ2v) is 9.38. The summed E-state index contributed by atoms with van der Waals surface area (Å²) < 4.78 is 0. The van der Waals surface area contributed by atoms with Crippen molar-refractivity contribution in [3.8, 4) is 17.2 Å². The highest BCUT2D eigenvalue weighted by Gasteiger charge is 2.12. The summed E-state index contributed by atoms with van der Waals surface area (Å²) >= 11 is 0. The molecule has 0 aliphatic rings. The lowest BCUT2D eigenvalue weighted by Crippen LogP contribution is -1.81. The summed E-state index contributed by atoms with van der Waals surface area (Å²) in [4.78, 5) is 0. The number of rotatable bonds is 6. The van der Waals surface area contributed by atoms with E-state index in [0.717, 1.165) is 16.5 Å². The molecule has 0 amide bonds. The van der Waals surface area contributed by atoms with Crippen LogP contribution in [0.2, 0.25) is 0 Å². The van der Waals surface area contributed by atoms with Gasteiger partial charge in [0.1, 0.15) is 22.9 Å². The fraction of sp³-hybridized carbons (Fsp3) is 0.0968. The summed E-state index contributed by atoms with van der Waals surface area (Å²) in [7, 11) is 0. The van der Waals surface area contributed by atoms with E-state index in [0.29, 0.717) is 39.4 Å². The lowest BCUT2D eigenvalue weighted by Gasteiger charge is -2.08. The largest absolute Gasteiger partial charge is 0.508 e. The molecule has 0 fully saturated rings. The van der Waals surface area contributed by atoms with Gasteiger partial charge < -0.3 is 15.3 Å². The first kappa shape index (κ1) is 26.2. The number of aromatic hydroxyl groups is 3. The number of nitrogens with zero attached hydrogens (tertiary/aromatic N) is 6. The van der Waals surface area contributed by atoms with Crippen molar-refractivity contribution < 1.29 is 15.3 Å². The van der Waals surface area contributed by atoms with E-state index >= 15 is 0 Å². The van der Waals surface area contributed by atoms with Crippen LogP contribution in [0, 0.1) is 20.8 Å². The van der Waals surface area contributed by atoms with Gasteiger partial charge in [-0.2, -0.15) is 20.5 Å². The summed E-state index contributed by atoms with van der Waals surface area (Å²) in [6.45, 7) is 5.66. The third-order valence-corrected chi connectivity index (χ3v) is 6.25. The summed E-state index contributed by atoms with van der Waals surface area (Å²) in [5.41, 5.74) is 5.57. The zero-order chi connectivity index (χ0) is 28.2. The first-order valence-corrected chi connectivity index (χ1v) is 12.5. The Hall–Kier alpha value is -5.44. The molecule has 0 heterocycles. The van der Waals surface area contributed by atoms with Crippen molar-refractivity contribution in [3.63, 3.8) is 0 Å². The van der Waals surface area contributed by atoms with Crippen LogP contribution in [0.15, 0.2) is 116 Å². The van der Waals surface area contributed by atoms with Crippen LogP contribution in [0.3, 0.4) is 0 Å². The maximum atomic E-state index is 11.0. The third kappa shape index (κ3) is 5.83. The molecule has 3 N–H and O–H groups in total. The van der Waals surface area contributed by atoms with Crippen molar-refractivity contribution in [2.24, 2.45) is 30.7 Å². The van der Waals surface area contributed by atoms with Crippen molar-refractivity contribution in [3.05, 3.63) is 102 Å². The van der Waals surface area contributed by atoms with Crippen molar-refractivity contribution in [1.82, 2.24) is 0 Å². The Bertz CT molecular complexity index is 1790. The van der Waals surface area contributed by atoms with Crippen LogP contribution in [0.5, 0.6) is 17.2 Å². The number of benzene rings is 5. The van der Waals surface area contributed by atoms with E-state index in [9.17, 15) is 15.3 Å². The van der Waals surface area contributed by atoms with Crippen LogP contribution in [0.1, 0.15) is 16.7 Å². The number of phenolic OH excluding ortho intramolecular Hbond substituents is 3. The number of azo groups is 3. The summed E-state index contributed by atoms with van der Waals surface area (Å²) in [5.74, 6) is 0.0283. The molecule has 0 atom stereocenters. The van der Waals surface area contributed by atoms with Gasteiger partial charge in [0.25, 0.3) is 0 Å². The van der Waals surface area contributed by atoms with Crippen LogP contribution in [0.25, 0.3) is 10.8 Å². The maximum absolute atomic E-state index is 11.0. The molecule has 0 saturated heterocycles. The fourth-order valence-electron chi connectivity index (χ4n) is 4.01. The molecule has 0 aromatic heterocycles. The summed E-state index contributed by atoms with van der Waals surface area (Å²) in [6.07, 6.45) is 0. The van der Waals surface area contributed by atoms with Gasteiger partial charge in [0.05, 0.1) is 22.7 Å². The molecule has 0 bridgehead atoms. The van der Waals surface area contributed by atoms with E-state index in [-0.39, 0.29) is 22.9 Å². The minimum atomic E-state index is -0.103. The lowest BCUT2D eigenvalue weighted by molar-refractivity contribution is 0.475. The van der Waals surface area contributed by atoms with Gasteiger partial charge in [0.15, 0.2) is 5.75 Å². The van der Waals surface area contributed by atoms with Crippen LogP contribution < -0.4 is 0 Å². The van der Waals surface area contributed by atoms with Gasteiger partial charge in [0, 0.05) is 11.5 Å². The average molecular weight is 531 g/mol. The van der Waals surface area contributed by atoms with Crippen LogP contribution in [-0.2, 0) is 0 Å². The normalized spacial score (nSPS) is 11.9. The minimum absolute atomic E-state index is 0.0273. The Morgan fingerprint density at radius 2 is 1.10 bits per heavy atom. The quantitative estimate of drug-likeness (QED) is 0.188. The first-order valence-electron chi connectivity index (χ1n) is 12.5. The molecule has 0 radical (unpaired) electrons. The Labute approximate surface area is 230 Å². The topological polar surface area (TPSA) is 135 Å². The number of hydrogen-bond donors (Lipinski definition) is 3. The molecule has 9 heteroatoms. The number of hydrogen-bond acceptors (Lipinski definition) is 9. The molecule has 0 aliphatic carbocycles. The highest BCUT2D eigenvalue weighted by molar-refractivity contribution is 5.95. The zero-order valence-corrected chi connectivity index (χ0v) is 22.1. The smallest absolute Gasteiger partial charge is 0.151 e. The van der Waals surface area contributed by atoms with Crippen molar-refractivity contribution in [2.75, 3.05) is 0 Å². The maximum Gasteiger partial charge on any atom is 0.151 e. The fourth-order valence-corrected chi connectivity index (χ4v) is 4.01. The molecular weight excluding hydrogens is 504 g/mol. The average Bonchev–Trinajstić information content (AvgIpc) is 2.94. The predicted molar refractivity (Wildman–Crippen MR) is 155 cm³/mol. The first-order chi connectivity index (χ1) is 19.3. The molecule has 9 nitrogen and oxygen atoms in total. The highest BCUT2D eigenvalue weighted by Crippen LogP contribution is 2.41. The van der Waals surface area contributed by atoms with Gasteiger partial charge in [-0.25, -0.2) is 0 Å². The van der Waals surface area contributed by atoms with Crippen LogP contribution in [-0.4, -0.2) is 15.3 Å². The molecule has 0 unspecified atom stereocenters. The number of aryl methyl sites for hydroxylation is 3. The number of fused-ring (bicyclic) bond motifs is 1. The molecule has 5 rings (SSSR count). The van der Waals surface area contributed by atoms with Crippen LogP contribution in [0.4, 0.5) is 34.1 Å². The molecule has 0 spiro atoms. The lowest BCUT2D eigenvalue weighted by atomic mass is 10.0. The van der Waals surface area contributed by atoms with Gasteiger partial charge in [0.2, 0.25) is 0 Å². The van der Waals surface area contributed by atoms with E-state index in [4.69, 9.17) is 0 Å². The highest BCUT2D eigenvalue weighted by atomic mass is 16.3. The molecular formula is C31H26N6O3. The molecule has 198 valence electrons. The SMILES string of the molecule is Cc1ccc(N=Nc2cc(O)c(N=Nc3c(C)cc4cc(N=Nc5ccc(O)cc5)ccc4c3O)cc2C)cc1. The van der Waals surface area contributed by atoms with E-state index in [2.05, 4.69) is 30.7 Å². The van der Waals surface area contributed by atoms with E-state index in [1.165, 1.54) is 6.07 Å². The van der Waals surface area contributed by atoms with Crippen molar-refractivity contribution in [2.45, 2.75) is 20.8 Å². The van der Waals surface area contributed by atoms with Gasteiger partial charge in [-0.05, 0) is 104 Å². The third-order valence-electron chi connectivity index (χ3n) is 6.25. The zero-order valence-electron chi connectivity index (χ0n) is 22.1.